The first kappa shape index (κ1) is 12.1. The lowest BCUT2D eigenvalue weighted by molar-refractivity contribution is -0.0260. The molecule has 0 saturated heterocycles. The molecule has 0 fully saturated rings. The summed E-state index contributed by atoms with van der Waals surface area (Å²) in [6, 6.07) is 5.92. The Hall–Kier alpha value is -0.930. The zero-order valence-electron chi connectivity index (χ0n) is 9.57. The molecule has 0 aliphatic rings. The number of aromatic nitrogens is 1. The van der Waals surface area contributed by atoms with E-state index in [2.05, 4.69) is 11.9 Å². The van der Waals surface area contributed by atoms with Crippen molar-refractivity contribution >= 4 is 0 Å². The van der Waals surface area contributed by atoms with Gasteiger partial charge in [-0.3, -0.25) is 4.98 Å². The van der Waals surface area contributed by atoms with Crippen molar-refractivity contribution in [2.45, 2.75) is 32.3 Å². The smallest absolute Gasteiger partial charge is 0.0773 e. The zero-order chi connectivity index (χ0) is 11.1. The molecule has 0 spiro atoms. The first-order chi connectivity index (χ1) is 7.20. The Morgan fingerprint density at radius 3 is 2.80 bits per heavy atom. The fourth-order valence-corrected chi connectivity index (χ4v) is 1.25. The van der Waals surface area contributed by atoms with Crippen LogP contribution in [-0.4, -0.2) is 23.7 Å². The summed E-state index contributed by atoms with van der Waals surface area (Å²) >= 11 is 0. The molecule has 15 heavy (non-hydrogen) atoms. The molecule has 84 valence electrons. The molecule has 0 aliphatic heterocycles. The Kier molecular flexibility index (Phi) is 4.72. The molecule has 1 unspecified atom stereocenters. The number of hydrogen-bond acceptors (Lipinski definition) is 3. The van der Waals surface area contributed by atoms with Gasteiger partial charge in [0.05, 0.1) is 12.2 Å². The fourth-order valence-electron chi connectivity index (χ4n) is 1.25. The van der Waals surface area contributed by atoms with Crippen molar-refractivity contribution in [3.63, 3.8) is 0 Å². The molecule has 0 saturated carbocycles. The Morgan fingerprint density at radius 1 is 1.47 bits per heavy atom. The van der Waals surface area contributed by atoms with E-state index in [0.29, 0.717) is 13.2 Å². The average molecular weight is 208 g/mol. The van der Waals surface area contributed by atoms with Gasteiger partial charge in [-0.25, -0.2) is 0 Å². The number of nitrogens with two attached hydrogens (primary N) is 1. The first-order valence-corrected chi connectivity index (χ1v) is 5.44. The lowest BCUT2D eigenvalue weighted by Crippen LogP contribution is -2.37. The van der Waals surface area contributed by atoms with Crippen molar-refractivity contribution in [2.75, 3.05) is 13.2 Å². The van der Waals surface area contributed by atoms with E-state index in [1.807, 2.05) is 25.1 Å². The first-order valence-electron chi connectivity index (χ1n) is 5.44. The van der Waals surface area contributed by atoms with Crippen LogP contribution in [0.1, 0.15) is 26.0 Å². The summed E-state index contributed by atoms with van der Waals surface area (Å²) in [7, 11) is 0. The monoisotopic (exact) mass is 208 g/mol. The predicted molar refractivity (Wildman–Crippen MR) is 61.6 cm³/mol. The minimum atomic E-state index is -0.186. The molecule has 0 aliphatic carbocycles. The standard InChI is InChI=1S/C12H20N2O/c1-3-12(2,10-13)15-9-7-11-6-4-5-8-14-11/h4-6,8H,3,7,9-10,13H2,1-2H3. The Bertz CT molecular complexity index is 270. The van der Waals surface area contributed by atoms with E-state index in [1.54, 1.807) is 6.20 Å². The summed E-state index contributed by atoms with van der Waals surface area (Å²) in [5.41, 5.74) is 6.53. The van der Waals surface area contributed by atoms with Crippen LogP contribution < -0.4 is 5.73 Å². The Labute approximate surface area is 91.7 Å². The van der Waals surface area contributed by atoms with Crippen LogP contribution in [0.4, 0.5) is 0 Å². The molecule has 2 N–H and O–H groups in total. The van der Waals surface area contributed by atoms with Crippen molar-refractivity contribution < 1.29 is 4.74 Å². The molecule has 0 radical (unpaired) electrons. The quantitative estimate of drug-likeness (QED) is 0.775. The SMILES string of the molecule is CCC(C)(CN)OCCc1ccccn1. The maximum atomic E-state index is 5.77. The third kappa shape index (κ3) is 3.98. The van der Waals surface area contributed by atoms with Crippen molar-refractivity contribution in [3.8, 4) is 0 Å². The fraction of sp³-hybridized carbons (Fsp3) is 0.583. The number of hydrogen-bond donors (Lipinski definition) is 1. The highest BCUT2D eigenvalue weighted by atomic mass is 16.5. The zero-order valence-corrected chi connectivity index (χ0v) is 9.57. The van der Waals surface area contributed by atoms with Crippen molar-refractivity contribution in [2.24, 2.45) is 5.73 Å². The lowest BCUT2D eigenvalue weighted by Gasteiger charge is -2.26. The minimum absolute atomic E-state index is 0.186. The largest absolute Gasteiger partial charge is 0.374 e. The highest BCUT2D eigenvalue weighted by molar-refractivity contribution is 5.03. The Balaban J connectivity index is 2.33. The number of rotatable bonds is 6. The number of ether oxygens (including phenoxy) is 1. The summed E-state index contributed by atoms with van der Waals surface area (Å²) in [6.45, 7) is 5.38. The Morgan fingerprint density at radius 2 is 2.27 bits per heavy atom. The molecule has 1 atom stereocenters. The topological polar surface area (TPSA) is 48.1 Å². The maximum absolute atomic E-state index is 5.77. The predicted octanol–water partition coefficient (Wildman–Crippen LogP) is 1.77. The third-order valence-electron chi connectivity index (χ3n) is 2.71. The van der Waals surface area contributed by atoms with Crippen molar-refractivity contribution in [1.29, 1.82) is 0 Å². The molecular formula is C12H20N2O. The normalized spacial score (nSPS) is 14.9. The van der Waals surface area contributed by atoms with Gasteiger partial charge in [0, 0.05) is 24.9 Å². The van der Waals surface area contributed by atoms with Crippen LogP contribution in [0.2, 0.25) is 0 Å². The van der Waals surface area contributed by atoms with Gasteiger partial charge in [0.1, 0.15) is 0 Å². The molecule has 1 aromatic heterocycles. The van der Waals surface area contributed by atoms with E-state index < -0.39 is 0 Å². The molecule has 0 bridgehead atoms. The van der Waals surface area contributed by atoms with E-state index in [0.717, 1.165) is 18.5 Å². The van der Waals surface area contributed by atoms with Gasteiger partial charge in [-0.15, -0.1) is 0 Å². The maximum Gasteiger partial charge on any atom is 0.0773 e. The van der Waals surface area contributed by atoms with E-state index in [1.165, 1.54) is 0 Å². The highest BCUT2D eigenvalue weighted by Gasteiger charge is 2.19. The van der Waals surface area contributed by atoms with Gasteiger partial charge >= 0.3 is 0 Å². The average Bonchev–Trinajstić information content (AvgIpc) is 2.30. The highest BCUT2D eigenvalue weighted by Crippen LogP contribution is 2.13. The second-order valence-electron chi connectivity index (χ2n) is 3.93. The second-order valence-corrected chi connectivity index (χ2v) is 3.93. The van der Waals surface area contributed by atoms with Crippen LogP contribution in [-0.2, 0) is 11.2 Å². The van der Waals surface area contributed by atoms with Gasteiger partial charge in [-0.1, -0.05) is 13.0 Å². The molecule has 3 nitrogen and oxygen atoms in total. The molecule has 3 heteroatoms. The number of nitrogens with zero attached hydrogens (tertiary/aromatic N) is 1. The van der Waals surface area contributed by atoms with E-state index in [-0.39, 0.29) is 5.60 Å². The van der Waals surface area contributed by atoms with E-state index in [9.17, 15) is 0 Å². The van der Waals surface area contributed by atoms with Gasteiger partial charge in [0.15, 0.2) is 0 Å². The summed E-state index contributed by atoms with van der Waals surface area (Å²) in [4.78, 5) is 4.24. The lowest BCUT2D eigenvalue weighted by atomic mass is 10.0. The van der Waals surface area contributed by atoms with E-state index >= 15 is 0 Å². The summed E-state index contributed by atoms with van der Waals surface area (Å²) < 4.78 is 5.77. The van der Waals surface area contributed by atoms with E-state index in [4.69, 9.17) is 10.5 Å². The van der Waals surface area contributed by atoms with Crippen LogP contribution in [0.25, 0.3) is 0 Å². The van der Waals surface area contributed by atoms with Crippen LogP contribution in [0.15, 0.2) is 24.4 Å². The summed E-state index contributed by atoms with van der Waals surface area (Å²) in [5, 5.41) is 0. The minimum Gasteiger partial charge on any atom is -0.374 e. The van der Waals surface area contributed by atoms with Crippen LogP contribution in [0.3, 0.4) is 0 Å². The molecule has 1 aromatic rings. The molecule has 0 aromatic carbocycles. The van der Waals surface area contributed by atoms with Crippen LogP contribution in [0, 0.1) is 0 Å². The molecular weight excluding hydrogens is 188 g/mol. The van der Waals surface area contributed by atoms with Gasteiger partial charge < -0.3 is 10.5 Å². The van der Waals surface area contributed by atoms with Crippen molar-refractivity contribution in [3.05, 3.63) is 30.1 Å². The molecule has 1 rings (SSSR count). The van der Waals surface area contributed by atoms with Gasteiger partial charge in [-0.2, -0.15) is 0 Å². The second kappa shape index (κ2) is 5.83. The number of pyridine rings is 1. The van der Waals surface area contributed by atoms with Gasteiger partial charge in [-0.05, 0) is 25.5 Å². The van der Waals surface area contributed by atoms with Crippen LogP contribution >= 0.6 is 0 Å². The van der Waals surface area contributed by atoms with Crippen LogP contribution in [0.5, 0.6) is 0 Å². The van der Waals surface area contributed by atoms with Crippen molar-refractivity contribution in [1.82, 2.24) is 4.98 Å². The summed E-state index contributed by atoms with van der Waals surface area (Å²) in [6.07, 6.45) is 3.58. The van der Waals surface area contributed by atoms with Gasteiger partial charge in [0.2, 0.25) is 0 Å². The molecule has 1 heterocycles. The third-order valence-corrected chi connectivity index (χ3v) is 2.71. The molecule has 0 amide bonds. The van der Waals surface area contributed by atoms with Gasteiger partial charge in [0.25, 0.3) is 0 Å². The summed E-state index contributed by atoms with van der Waals surface area (Å²) in [5.74, 6) is 0.